The number of hydrogen-bond acceptors (Lipinski definition) is 2. The average Bonchev–Trinajstić information content (AvgIpc) is 2.73. The molecule has 0 saturated heterocycles. The van der Waals surface area contributed by atoms with Gasteiger partial charge < -0.3 is 5.32 Å². The molecule has 0 saturated carbocycles. The van der Waals surface area contributed by atoms with Crippen LogP contribution in [0.15, 0.2) is 36.4 Å². The normalized spacial score (nSPS) is 10.4. The molecule has 0 atom stereocenters. The molecule has 0 fully saturated rings. The van der Waals surface area contributed by atoms with Crippen LogP contribution in [0.25, 0.3) is 0 Å². The van der Waals surface area contributed by atoms with Gasteiger partial charge in [0.2, 0.25) is 0 Å². The van der Waals surface area contributed by atoms with Crippen molar-refractivity contribution in [3.63, 3.8) is 0 Å². The maximum atomic E-state index is 5.87. The third kappa shape index (κ3) is 2.91. The molecule has 1 nitrogen and oxygen atoms in total. The highest BCUT2D eigenvalue weighted by Crippen LogP contribution is 2.23. The Kier molecular flexibility index (Phi) is 4.10. The number of alkyl halides is 1. The van der Waals surface area contributed by atoms with Crippen molar-refractivity contribution in [2.45, 2.75) is 12.4 Å². The molecule has 0 amide bonds. The highest BCUT2D eigenvalue weighted by atomic mass is 35.5. The predicted octanol–water partition coefficient (Wildman–Crippen LogP) is 4.75. The second-order valence-corrected chi connectivity index (χ2v) is 5.42. The molecule has 0 aliphatic rings. The van der Waals surface area contributed by atoms with Crippen molar-refractivity contribution < 1.29 is 0 Å². The SMILES string of the molecule is ClCc1ccccc1NCc1ccc(Cl)s1. The van der Waals surface area contributed by atoms with E-state index in [9.17, 15) is 0 Å². The van der Waals surface area contributed by atoms with Gasteiger partial charge in [0.05, 0.1) is 4.34 Å². The van der Waals surface area contributed by atoms with Crippen molar-refractivity contribution in [3.8, 4) is 0 Å². The molecule has 16 heavy (non-hydrogen) atoms. The van der Waals surface area contributed by atoms with Gasteiger partial charge in [-0.25, -0.2) is 0 Å². The van der Waals surface area contributed by atoms with Crippen LogP contribution in [-0.4, -0.2) is 0 Å². The van der Waals surface area contributed by atoms with E-state index in [1.54, 1.807) is 11.3 Å². The van der Waals surface area contributed by atoms with E-state index in [1.807, 2.05) is 36.4 Å². The van der Waals surface area contributed by atoms with Crippen LogP contribution in [0, 0.1) is 0 Å². The maximum absolute atomic E-state index is 5.87. The number of hydrogen-bond donors (Lipinski definition) is 1. The Hall–Kier alpha value is -0.700. The zero-order valence-corrected chi connectivity index (χ0v) is 10.9. The first kappa shape index (κ1) is 11.8. The van der Waals surface area contributed by atoms with Gasteiger partial charge in [-0.3, -0.25) is 0 Å². The molecule has 2 aromatic rings. The van der Waals surface area contributed by atoms with E-state index in [1.165, 1.54) is 4.88 Å². The third-order valence-corrected chi connectivity index (χ3v) is 3.76. The molecule has 0 spiro atoms. The van der Waals surface area contributed by atoms with E-state index in [0.717, 1.165) is 22.1 Å². The van der Waals surface area contributed by atoms with Crippen molar-refractivity contribution in [2.75, 3.05) is 5.32 Å². The summed E-state index contributed by atoms with van der Waals surface area (Å²) in [4.78, 5) is 1.22. The summed E-state index contributed by atoms with van der Waals surface area (Å²) in [6, 6.07) is 12.0. The lowest BCUT2D eigenvalue weighted by atomic mass is 10.2. The van der Waals surface area contributed by atoms with Crippen LogP contribution < -0.4 is 5.32 Å². The zero-order chi connectivity index (χ0) is 11.4. The van der Waals surface area contributed by atoms with Gasteiger partial charge in [0.1, 0.15) is 0 Å². The number of benzene rings is 1. The molecule has 1 heterocycles. The lowest BCUT2D eigenvalue weighted by Crippen LogP contribution is -1.99. The maximum Gasteiger partial charge on any atom is 0.0931 e. The fourth-order valence-corrected chi connectivity index (χ4v) is 2.70. The van der Waals surface area contributed by atoms with Gasteiger partial charge >= 0.3 is 0 Å². The number of rotatable bonds is 4. The highest BCUT2D eigenvalue weighted by molar-refractivity contribution is 7.16. The Balaban J connectivity index is 2.04. The summed E-state index contributed by atoms with van der Waals surface area (Å²) in [5.41, 5.74) is 2.20. The largest absolute Gasteiger partial charge is 0.380 e. The third-order valence-electron chi connectivity index (χ3n) is 2.24. The average molecular weight is 272 g/mol. The molecule has 4 heteroatoms. The Morgan fingerprint density at radius 3 is 2.62 bits per heavy atom. The van der Waals surface area contributed by atoms with E-state index in [-0.39, 0.29) is 0 Å². The second-order valence-electron chi connectivity index (χ2n) is 3.35. The fraction of sp³-hybridized carbons (Fsp3) is 0.167. The minimum atomic E-state index is 0.522. The van der Waals surface area contributed by atoms with Crippen LogP contribution >= 0.6 is 34.5 Å². The first-order valence-electron chi connectivity index (χ1n) is 4.91. The van der Waals surface area contributed by atoms with Crippen LogP contribution in [0.3, 0.4) is 0 Å². The molecule has 1 N–H and O–H groups in total. The lowest BCUT2D eigenvalue weighted by Gasteiger charge is -2.08. The molecule has 1 aromatic carbocycles. The van der Waals surface area contributed by atoms with Crippen molar-refractivity contribution in [1.29, 1.82) is 0 Å². The van der Waals surface area contributed by atoms with E-state index in [0.29, 0.717) is 5.88 Å². The van der Waals surface area contributed by atoms with Gasteiger partial charge in [-0.05, 0) is 23.8 Å². The van der Waals surface area contributed by atoms with Crippen molar-refractivity contribution in [2.24, 2.45) is 0 Å². The lowest BCUT2D eigenvalue weighted by molar-refractivity contribution is 1.17. The summed E-state index contributed by atoms with van der Waals surface area (Å²) in [6.45, 7) is 0.783. The van der Waals surface area contributed by atoms with Gasteiger partial charge in [0.25, 0.3) is 0 Å². The van der Waals surface area contributed by atoms with Crippen LogP contribution in [0.4, 0.5) is 5.69 Å². The van der Waals surface area contributed by atoms with E-state index >= 15 is 0 Å². The first-order chi connectivity index (χ1) is 7.79. The highest BCUT2D eigenvalue weighted by Gasteiger charge is 2.01. The quantitative estimate of drug-likeness (QED) is 0.792. The van der Waals surface area contributed by atoms with Gasteiger partial charge in [0.15, 0.2) is 0 Å². The molecule has 0 bridgehead atoms. The summed E-state index contributed by atoms with van der Waals surface area (Å²) < 4.78 is 0.822. The Labute approximate surface area is 109 Å². The Morgan fingerprint density at radius 1 is 1.12 bits per heavy atom. The van der Waals surface area contributed by atoms with Gasteiger partial charge in [-0.1, -0.05) is 29.8 Å². The standard InChI is InChI=1S/C12H11Cl2NS/c13-7-9-3-1-2-4-11(9)15-8-10-5-6-12(14)16-10/h1-6,15H,7-8H2. The molecule has 0 aliphatic carbocycles. The van der Waals surface area contributed by atoms with Crippen LogP contribution in [0.2, 0.25) is 4.34 Å². The number of nitrogens with one attached hydrogen (secondary N) is 1. The number of halogens is 2. The molecular formula is C12H11Cl2NS. The summed E-state index contributed by atoms with van der Waals surface area (Å²) in [7, 11) is 0. The van der Waals surface area contributed by atoms with Gasteiger partial charge in [-0.2, -0.15) is 0 Å². The van der Waals surface area contributed by atoms with E-state index in [4.69, 9.17) is 23.2 Å². The molecule has 0 aliphatic heterocycles. The molecule has 84 valence electrons. The minimum absolute atomic E-state index is 0.522. The van der Waals surface area contributed by atoms with Crippen LogP contribution in [-0.2, 0) is 12.4 Å². The molecule has 1 aromatic heterocycles. The predicted molar refractivity (Wildman–Crippen MR) is 72.7 cm³/mol. The molecular weight excluding hydrogens is 261 g/mol. The van der Waals surface area contributed by atoms with E-state index < -0.39 is 0 Å². The number of thiophene rings is 1. The topological polar surface area (TPSA) is 12.0 Å². The summed E-state index contributed by atoms with van der Waals surface area (Å²) >= 11 is 13.3. The monoisotopic (exact) mass is 271 g/mol. The molecule has 2 rings (SSSR count). The first-order valence-corrected chi connectivity index (χ1v) is 6.64. The van der Waals surface area contributed by atoms with Crippen LogP contribution in [0.1, 0.15) is 10.4 Å². The Morgan fingerprint density at radius 2 is 1.94 bits per heavy atom. The second kappa shape index (κ2) is 5.58. The fourth-order valence-electron chi connectivity index (χ4n) is 1.44. The summed E-state index contributed by atoms with van der Waals surface area (Å²) in [5.74, 6) is 0.522. The minimum Gasteiger partial charge on any atom is -0.380 e. The van der Waals surface area contributed by atoms with Crippen molar-refractivity contribution >= 4 is 40.2 Å². The van der Waals surface area contributed by atoms with Crippen molar-refractivity contribution in [3.05, 3.63) is 51.2 Å². The van der Waals surface area contributed by atoms with Crippen molar-refractivity contribution in [1.82, 2.24) is 0 Å². The summed E-state index contributed by atoms with van der Waals surface area (Å²) in [6.07, 6.45) is 0. The number of anilines is 1. The summed E-state index contributed by atoms with van der Waals surface area (Å²) in [5, 5.41) is 3.36. The van der Waals surface area contributed by atoms with E-state index in [2.05, 4.69) is 5.32 Å². The van der Waals surface area contributed by atoms with Crippen LogP contribution in [0.5, 0.6) is 0 Å². The number of para-hydroxylation sites is 1. The van der Waals surface area contributed by atoms with Gasteiger partial charge in [-0.15, -0.1) is 22.9 Å². The smallest absolute Gasteiger partial charge is 0.0931 e. The molecule has 0 radical (unpaired) electrons. The van der Waals surface area contributed by atoms with Gasteiger partial charge in [0, 0.05) is 23.0 Å². The molecule has 0 unspecified atom stereocenters. The Bertz CT molecular complexity index is 468. The zero-order valence-electron chi connectivity index (χ0n) is 8.54.